The number of amides is 5. The van der Waals surface area contributed by atoms with Crippen molar-refractivity contribution >= 4 is 29.4 Å². The second-order valence-corrected chi connectivity index (χ2v) is 8.91. The van der Waals surface area contributed by atoms with Gasteiger partial charge in [-0.25, -0.2) is 4.79 Å². The quantitative estimate of drug-likeness (QED) is 0.433. The molecule has 0 bridgehead atoms. The summed E-state index contributed by atoms with van der Waals surface area (Å²) in [7, 11) is 0. The molecule has 0 saturated carbocycles. The summed E-state index contributed by atoms with van der Waals surface area (Å²) in [5.41, 5.74) is 0.990. The van der Waals surface area contributed by atoms with E-state index < -0.39 is 29.9 Å². The molecule has 3 aromatic carbocycles. The van der Waals surface area contributed by atoms with Crippen LogP contribution < -0.4 is 20.7 Å². The Bertz CT molecular complexity index is 1360. The molecule has 0 aliphatic carbocycles. The summed E-state index contributed by atoms with van der Waals surface area (Å²) in [6, 6.07) is 22.8. The molecule has 9 heteroatoms. The maximum Gasteiger partial charge on any atom is 0.325 e. The van der Waals surface area contributed by atoms with Gasteiger partial charge in [-0.1, -0.05) is 60.7 Å². The van der Waals surface area contributed by atoms with E-state index >= 15 is 0 Å². The fourth-order valence-corrected chi connectivity index (χ4v) is 4.70. The lowest BCUT2D eigenvalue weighted by molar-refractivity contribution is -0.135. The van der Waals surface area contributed by atoms with Gasteiger partial charge in [-0.2, -0.15) is 0 Å². The van der Waals surface area contributed by atoms with Gasteiger partial charge in [0.1, 0.15) is 12.3 Å². The van der Waals surface area contributed by atoms with Crippen molar-refractivity contribution in [2.75, 3.05) is 25.0 Å². The number of benzene rings is 3. The zero-order valence-electron chi connectivity index (χ0n) is 20.0. The van der Waals surface area contributed by atoms with E-state index in [0.29, 0.717) is 30.0 Å². The molecule has 1 fully saturated rings. The molecule has 37 heavy (non-hydrogen) atoms. The third-order valence-corrected chi connectivity index (χ3v) is 6.55. The first kappa shape index (κ1) is 24.1. The predicted molar refractivity (Wildman–Crippen MR) is 136 cm³/mol. The topological polar surface area (TPSA) is 117 Å². The van der Waals surface area contributed by atoms with Gasteiger partial charge in [0.05, 0.1) is 17.9 Å². The Kier molecular flexibility index (Phi) is 6.59. The highest BCUT2D eigenvalue weighted by atomic mass is 16.5. The van der Waals surface area contributed by atoms with E-state index in [1.165, 1.54) is 0 Å². The Hall–Kier alpha value is -4.66. The number of carbonyl (C=O) groups is 4. The minimum absolute atomic E-state index is 0.260. The van der Waals surface area contributed by atoms with Crippen LogP contribution in [-0.4, -0.2) is 48.3 Å². The van der Waals surface area contributed by atoms with Crippen LogP contribution in [0.3, 0.4) is 0 Å². The number of carbonyl (C=O) groups excluding carboxylic acids is 4. The average molecular weight is 499 g/mol. The molecule has 3 N–H and O–H groups in total. The van der Waals surface area contributed by atoms with E-state index in [1.54, 1.807) is 48.5 Å². The molecule has 0 aromatic heterocycles. The fraction of sp³-hybridized carbons (Fsp3) is 0.214. The molecule has 5 amide bonds. The zero-order chi connectivity index (χ0) is 25.8. The van der Waals surface area contributed by atoms with Crippen molar-refractivity contribution < 1.29 is 23.9 Å². The van der Waals surface area contributed by atoms with E-state index in [1.807, 2.05) is 30.3 Å². The summed E-state index contributed by atoms with van der Waals surface area (Å²) < 4.78 is 5.64. The lowest BCUT2D eigenvalue weighted by Gasteiger charge is -2.33. The molecule has 9 nitrogen and oxygen atoms in total. The number of anilines is 1. The number of ether oxygens (including phenoxy) is 1. The first-order valence-electron chi connectivity index (χ1n) is 12.1. The molecule has 3 aromatic rings. The van der Waals surface area contributed by atoms with E-state index in [-0.39, 0.29) is 24.5 Å². The van der Waals surface area contributed by atoms with Crippen LogP contribution in [0.1, 0.15) is 27.9 Å². The number of urea groups is 1. The Balaban J connectivity index is 1.25. The van der Waals surface area contributed by atoms with Crippen molar-refractivity contribution in [1.29, 1.82) is 0 Å². The van der Waals surface area contributed by atoms with Gasteiger partial charge >= 0.3 is 6.03 Å². The van der Waals surface area contributed by atoms with Crippen molar-refractivity contribution in [2.24, 2.45) is 0 Å². The highest BCUT2D eigenvalue weighted by molar-refractivity contribution is 6.11. The van der Waals surface area contributed by atoms with E-state index in [4.69, 9.17) is 4.74 Å². The summed E-state index contributed by atoms with van der Waals surface area (Å²) in [5.74, 6) is -0.902. The van der Waals surface area contributed by atoms with Crippen molar-refractivity contribution in [3.05, 3.63) is 95.6 Å². The molecule has 1 saturated heterocycles. The number of nitrogens with zero attached hydrogens (tertiary/aromatic N) is 1. The summed E-state index contributed by atoms with van der Waals surface area (Å²) in [6.45, 7) is 0.204. The SMILES string of the molecule is O=C(CN1C(=O)N[C@]2(CCOc3ccccc32)C1=O)Nc1ccccc1C(=O)NCCc1ccccc1. The monoisotopic (exact) mass is 498 g/mol. The summed E-state index contributed by atoms with van der Waals surface area (Å²) >= 11 is 0. The number of para-hydroxylation sites is 2. The van der Waals surface area contributed by atoms with Gasteiger partial charge in [0.15, 0.2) is 5.54 Å². The van der Waals surface area contributed by atoms with Gasteiger partial charge < -0.3 is 20.7 Å². The third kappa shape index (κ3) is 4.75. The molecule has 2 aliphatic rings. The van der Waals surface area contributed by atoms with Gasteiger partial charge in [-0.05, 0) is 30.2 Å². The van der Waals surface area contributed by atoms with E-state index in [0.717, 1.165) is 10.5 Å². The predicted octanol–water partition coefficient (Wildman–Crippen LogP) is 2.83. The number of imide groups is 1. The van der Waals surface area contributed by atoms with Crippen LogP contribution in [0.2, 0.25) is 0 Å². The number of hydrogen-bond donors (Lipinski definition) is 3. The van der Waals surface area contributed by atoms with E-state index in [2.05, 4.69) is 16.0 Å². The number of fused-ring (bicyclic) bond motifs is 2. The minimum atomic E-state index is -1.26. The van der Waals surface area contributed by atoms with Crippen LogP contribution in [0.5, 0.6) is 5.75 Å². The number of rotatable bonds is 7. The third-order valence-electron chi connectivity index (χ3n) is 6.55. The average Bonchev–Trinajstić information content (AvgIpc) is 3.14. The van der Waals surface area contributed by atoms with Crippen molar-refractivity contribution in [2.45, 2.75) is 18.4 Å². The molecule has 1 atom stereocenters. The highest BCUT2D eigenvalue weighted by Crippen LogP contribution is 2.40. The second-order valence-electron chi connectivity index (χ2n) is 8.91. The molecule has 0 unspecified atom stereocenters. The molecule has 188 valence electrons. The van der Waals surface area contributed by atoms with E-state index in [9.17, 15) is 19.2 Å². The van der Waals surface area contributed by atoms with Gasteiger partial charge in [-0.15, -0.1) is 0 Å². The molecule has 2 heterocycles. The molecule has 2 aliphatic heterocycles. The van der Waals surface area contributed by atoms with Crippen LogP contribution in [0, 0.1) is 0 Å². The van der Waals surface area contributed by atoms with Crippen LogP contribution >= 0.6 is 0 Å². The summed E-state index contributed by atoms with van der Waals surface area (Å²) in [4.78, 5) is 52.8. The van der Waals surface area contributed by atoms with Gasteiger partial charge in [0.25, 0.3) is 11.8 Å². The standard InChI is InChI=1S/C28H26N4O5/c33-24(18-32-26(35)28(31-27(32)36)15-17-37-23-13-7-5-11-21(23)28)30-22-12-6-4-10-20(22)25(34)29-16-14-19-8-2-1-3-9-19/h1-13H,14-18H2,(H,29,34)(H,30,33)(H,31,36)/t28-/m0/s1. The van der Waals surface area contributed by atoms with Gasteiger partial charge in [0, 0.05) is 18.5 Å². The summed E-state index contributed by atoms with van der Waals surface area (Å²) in [5, 5.41) is 8.32. The minimum Gasteiger partial charge on any atom is -0.493 e. The first-order valence-corrected chi connectivity index (χ1v) is 12.1. The zero-order valence-corrected chi connectivity index (χ0v) is 20.0. The van der Waals surface area contributed by atoms with Crippen molar-refractivity contribution in [3.8, 4) is 5.75 Å². The largest absolute Gasteiger partial charge is 0.493 e. The molecule has 1 spiro atoms. The van der Waals surface area contributed by atoms with Crippen LogP contribution in [-0.2, 0) is 21.5 Å². The molecule has 0 radical (unpaired) electrons. The molecule has 5 rings (SSSR count). The van der Waals surface area contributed by atoms with Gasteiger partial charge in [0.2, 0.25) is 5.91 Å². The van der Waals surface area contributed by atoms with Crippen LogP contribution in [0.4, 0.5) is 10.5 Å². The summed E-state index contributed by atoms with van der Waals surface area (Å²) in [6.07, 6.45) is 0.932. The molecular weight excluding hydrogens is 472 g/mol. The van der Waals surface area contributed by atoms with Gasteiger partial charge in [-0.3, -0.25) is 19.3 Å². The Labute approximate surface area is 213 Å². The van der Waals surface area contributed by atoms with Crippen molar-refractivity contribution in [3.63, 3.8) is 0 Å². The molecular formula is C28H26N4O5. The Morgan fingerprint density at radius 3 is 2.51 bits per heavy atom. The second kappa shape index (κ2) is 10.1. The fourth-order valence-electron chi connectivity index (χ4n) is 4.70. The number of nitrogens with one attached hydrogen (secondary N) is 3. The normalized spacial score (nSPS) is 18.1. The lowest BCUT2D eigenvalue weighted by atomic mass is 9.84. The Morgan fingerprint density at radius 1 is 0.946 bits per heavy atom. The van der Waals surface area contributed by atoms with Crippen LogP contribution in [0.25, 0.3) is 0 Å². The first-order chi connectivity index (χ1) is 18.0. The lowest BCUT2D eigenvalue weighted by Crippen LogP contribution is -2.48. The Morgan fingerprint density at radius 2 is 1.68 bits per heavy atom. The smallest absolute Gasteiger partial charge is 0.325 e. The maximum atomic E-state index is 13.4. The highest BCUT2D eigenvalue weighted by Gasteiger charge is 2.55. The number of hydrogen-bond acceptors (Lipinski definition) is 5. The maximum absolute atomic E-state index is 13.4. The van der Waals surface area contributed by atoms with Crippen LogP contribution in [0.15, 0.2) is 78.9 Å². The van der Waals surface area contributed by atoms with Crippen molar-refractivity contribution in [1.82, 2.24) is 15.5 Å².